The Labute approximate surface area is 156 Å². The molecule has 0 saturated carbocycles. The molecule has 0 radical (unpaired) electrons. The minimum absolute atomic E-state index is 0.173. The van der Waals surface area contributed by atoms with Crippen molar-refractivity contribution < 1.29 is 14.7 Å². The van der Waals surface area contributed by atoms with Crippen molar-refractivity contribution in [2.45, 2.75) is 0 Å². The van der Waals surface area contributed by atoms with Crippen molar-refractivity contribution in [3.63, 3.8) is 0 Å². The van der Waals surface area contributed by atoms with Gasteiger partial charge in [-0.15, -0.1) is 0 Å². The van der Waals surface area contributed by atoms with E-state index in [1.165, 1.54) is 10.8 Å². The molecule has 0 aliphatic carbocycles. The lowest BCUT2D eigenvalue weighted by molar-refractivity contribution is 0.0691. The first-order valence-electron chi connectivity index (χ1n) is 6.54. The summed E-state index contributed by atoms with van der Waals surface area (Å²) < 4.78 is 1.28. The van der Waals surface area contributed by atoms with Gasteiger partial charge < -0.3 is 5.11 Å². The highest BCUT2D eigenvalue weighted by atomic mass is 35.5. The van der Waals surface area contributed by atoms with Crippen LogP contribution in [0.15, 0.2) is 36.5 Å². The number of carboxylic acids is 1. The summed E-state index contributed by atoms with van der Waals surface area (Å²) in [6, 6.07) is 8.85. The molecule has 0 spiro atoms. The number of rotatable bonds is 2. The smallest absolute Gasteiger partial charge is 0.338 e. The van der Waals surface area contributed by atoms with Crippen molar-refractivity contribution in [1.82, 2.24) is 4.57 Å². The zero-order valence-corrected chi connectivity index (χ0v) is 14.7. The molecule has 0 bridgehead atoms. The number of benzene rings is 2. The van der Waals surface area contributed by atoms with E-state index in [1.807, 2.05) is 12.1 Å². The molecule has 3 rings (SSSR count). The van der Waals surface area contributed by atoms with E-state index in [1.54, 1.807) is 18.2 Å². The Morgan fingerprint density at radius 2 is 1.42 bits per heavy atom. The summed E-state index contributed by atoms with van der Waals surface area (Å²) >= 11 is 24.0. The molecule has 8 heteroatoms. The van der Waals surface area contributed by atoms with Gasteiger partial charge in [0, 0.05) is 11.6 Å². The molecular formula is C16H7Cl4NO3. The zero-order chi connectivity index (χ0) is 17.6. The lowest BCUT2D eigenvalue weighted by Gasteiger charge is -2.14. The Morgan fingerprint density at radius 3 is 2.04 bits per heavy atom. The molecule has 0 unspecified atom stereocenters. The SMILES string of the molecule is O=C(O)c1c(Cl)c(Cl)c(Cl)c(Cl)c1C(=O)n1ccc2ccccc21. The fourth-order valence-corrected chi connectivity index (χ4v) is 3.43. The average Bonchev–Trinajstić information content (AvgIpc) is 2.99. The van der Waals surface area contributed by atoms with Crippen molar-refractivity contribution in [3.05, 3.63) is 67.7 Å². The molecule has 0 amide bonds. The van der Waals surface area contributed by atoms with Gasteiger partial charge in [-0.2, -0.15) is 0 Å². The third kappa shape index (κ3) is 2.56. The van der Waals surface area contributed by atoms with Crippen LogP contribution in [0.2, 0.25) is 20.1 Å². The van der Waals surface area contributed by atoms with Crippen LogP contribution in [0.4, 0.5) is 0 Å². The van der Waals surface area contributed by atoms with Crippen molar-refractivity contribution >= 4 is 69.2 Å². The molecule has 0 atom stereocenters. The fourth-order valence-electron chi connectivity index (χ4n) is 2.41. The second-order valence-corrected chi connectivity index (χ2v) is 6.37. The number of para-hydroxylation sites is 1. The molecule has 1 heterocycles. The van der Waals surface area contributed by atoms with E-state index in [-0.39, 0.29) is 25.7 Å². The van der Waals surface area contributed by atoms with Gasteiger partial charge in [-0.1, -0.05) is 64.6 Å². The van der Waals surface area contributed by atoms with Gasteiger partial charge in [0.15, 0.2) is 0 Å². The van der Waals surface area contributed by atoms with Crippen LogP contribution in [0.5, 0.6) is 0 Å². The maximum absolute atomic E-state index is 12.9. The van der Waals surface area contributed by atoms with Crippen LogP contribution in [0.25, 0.3) is 10.9 Å². The lowest BCUT2D eigenvalue weighted by Crippen LogP contribution is -2.17. The van der Waals surface area contributed by atoms with E-state index < -0.39 is 17.4 Å². The standard InChI is InChI=1S/C16H7Cl4NO3/c17-11-9(10(16(23)24)12(18)14(20)13(11)19)15(22)21-6-5-7-3-1-2-4-8(7)21/h1-6H,(H,23,24). The molecule has 0 aliphatic rings. The van der Waals surface area contributed by atoms with Crippen molar-refractivity contribution in [2.75, 3.05) is 0 Å². The quantitative estimate of drug-likeness (QED) is 0.445. The van der Waals surface area contributed by atoms with E-state index >= 15 is 0 Å². The average molecular weight is 403 g/mol. The monoisotopic (exact) mass is 401 g/mol. The topological polar surface area (TPSA) is 59.3 Å². The molecule has 0 fully saturated rings. The first-order chi connectivity index (χ1) is 11.3. The van der Waals surface area contributed by atoms with Gasteiger partial charge >= 0.3 is 5.97 Å². The van der Waals surface area contributed by atoms with Crippen LogP contribution in [-0.4, -0.2) is 21.6 Å². The number of carboxylic acid groups (broad SMARTS) is 1. The number of nitrogens with zero attached hydrogens (tertiary/aromatic N) is 1. The zero-order valence-electron chi connectivity index (χ0n) is 11.7. The van der Waals surface area contributed by atoms with Crippen molar-refractivity contribution in [1.29, 1.82) is 0 Å². The summed E-state index contributed by atoms with van der Waals surface area (Å²) in [6.07, 6.45) is 1.52. The predicted molar refractivity (Wildman–Crippen MR) is 95.1 cm³/mol. The number of carbonyl (C=O) groups excluding carboxylic acids is 1. The number of hydrogen-bond acceptors (Lipinski definition) is 2. The third-order valence-electron chi connectivity index (χ3n) is 3.51. The van der Waals surface area contributed by atoms with Gasteiger partial charge in [-0.05, 0) is 12.1 Å². The number of hydrogen-bond donors (Lipinski definition) is 1. The van der Waals surface area contributed by atoms with Crippen LogP contribution in [0.1, 0.15) is 20.7 Å². The Morgan fingerprint density at radius 1 is 0.833 bits per heavy atom. The van der Waals surface area contributed by atoms with Crippen LogP contribution in [-0.2, 0) is 0 Å². The summed E-state index contributed by atoms with van der Waals surface area (Å²) in [5, 5.41) is 9.27. The number of aromatic nitrogens is 1. The Kier molecular flexibility index (Phi) is 4.49. The van der Waals surface area contributed by atoms with Crippen LogP contribution in [0.3, 0.4) is 0 Å². The minimum Gasteiger partial charge on any atom is -0.478 e. The molecule has 4 nitrogen and oxygen atoms in total. The van der Waals surface area contributed by atoms with Crippen LogP contribution >= 0.6 is 46.4 Å². The minimum atomic E-state index is -1.43. The summed E-state index contributed by atoms with van der Waals surface area (Å²) in [6.45, 7) is 0. The highest BCUT2D eigenvalue weighted by Gasteiger charge is 2.29. The van der Waals surface area contributed by atoms with Gasteiger partial charge in [-0.3, -0.25) is 9.36 Å². The molecule has 1 aromatic heterocycles. The predicted octanol–water partition coefficient (Wildman–Crippen LogP) is 5.64. The van der Waals surface area contributed by atoms with Gasteiger partial charge in [-0.25, -0.2) is 4.79 Å². The fraction of sp³-hybridized carbons (Fsp3) is 0. The largest absolute Gasteiger partial charge is 0.478 e. The second-order valence-electron chi connectivity index (χ2n) is 4.86. The van der Waals surface area contributed by atoms with Crippen LogP contribution < -0.4 is 0 Å². The summed E-state index contributed by atoms with van der Waals surface area (Å²) in [7, 11) is 0. The van der Waals surface area contributed by atoms with Crippen molar-refractivity contribution in [3.8, 4) is 0 Å². The summed E-state index contributed by atoms with van der Waals surface area (Å²) in [5.41, 5.74) is -0.208. The van der Waals surface area contributed by atoms with Gasteiger partial charge in [0.25, 0.3) is 5.91 Å². The Balaban J connectivity index is 2.33. The maximum atomic E-state index is 12.9. The number of aromatic carboxylic acids is 1. The van der Waals surface area contributed by atoms with E-state index in [0.717, 1.165) is 5.39 Å². The second kappa shape index (κ2) is 6.30. The molecule has 0 aliphatic heterocycles. The molecule has 24 heavy (non-hydrogen) atoms. The summed E-state index contributed by atoms with van der Waals surface area (Å²) in [5.74, 6) is -2.10. The maximum Gasteiger partial charge on any atom is 0.338 e. The highest BCUT2D eigenvalue weighted by molar-refractivity contribution is 6.54. The molecule has 1 N–H and O–H groups in total. The van der Waals surface area contributed by atoms with Gasteiger partial charge in [0.05, 0.1) is 36.7 Å². The summed E-state index contributed by atoms with van der Waals surface area (Å²) in [4.78, 5) is 24.5. The molecular weight excluding hydrogens is 396 g/mol. The Hall–Kier alpha value is -1.72. The number of halogens is 4. The normalized spacial score (nSPS) is 11.0. The first kappa shape index (κ1) is 17.1. The van der Waals surface area contributed by atoms with Gasteiger partial charge in [0.2, 0.25) is 0 Å². The van der Waals surface area contributed by atoms with Crippen molar-refractivity contribution in [2.24, 2.45) is 0 Å². The number of fused-ring (bicyclic) bond motifs is 1. The lowest BCUT2D eigenvalue weighted by atomic mass is 10.1. The first-order valence-corrected chi connectivity index (χ1v) is 8.05. The Bertz CT molecular complexity index is 1010. The molecule has 122 valence electrons. The van der Waals surface area contributed by atoms with Gasteiger partial charge in [0.1, 0.15) is 0 Å². The van der Waals surface area contributed by atoms with E-state index in [4.69, 9.17) is 46.4 Å². The number of carbonyl (C=O) groups is 2. The van der Waals surface area contributed by atoms with Crippen LogP contribution in [0, 0.1) is 0 Å². The highest BCUT2D eigenvalue weighted by Crippen LogP contribution is 2.42. The molecule has 2 aromatic carbocycles. The van der Waals surface area contributed by atoms with E-state index in [9.17, 15) is 14.7 Å². The van der Waals surface area contributed by atoms with E-state index in [0.29, 0.717) is 5.52 Å². The van der Waals surface area contributed by atoms with E-state index in [2.05, 4.69) is 0 Å². The third-order valence-corrected chi connectivity index (χ3v) is 5.32. The molecule has 3 aromatic rings. The molecule has 0 saturated heterocycles.